The molecule has 3 rings (SSSR count). The molecule has 0 saturated carbocycles. The van der Waals surface area contributed by atoms with E-state index in [1.807, 2.05) is 35.7 Å². The van der Waals surface area contributed by atoms with Gasteiger partial charge in [-0.2, -0.15) is 0 Å². The van der Waals surface area contributed by atoms with Crippen LogP contribution in [0.25, 0.3) is 5.65 Å². The van der Waals surface area contributed by atoms with Gasteiger partial charge in [-0.05, 0) is 36.8 Å². The number of halogens is 1. The van der Waals surface area contributed by atoms with Crippen LogP contribution in [-0.4, -0.2) is 46.1 Å². The normalized spacial score (nSPS) is 11.4. The minimum atomic E-state index is -0.312. The zero-order valence-corrected chi connectivity index (χ0v) is 16.2. The lowest BCUT2D eigenvalue weighted by Crippen LogP contribution is -2.41. The first-order valence-electron chi connectivity index (χ1n) is 9.47. The molecule has 3 aromatic rings. The summed E-state index contributed by atoms with van der Waals surface area (Å²) in [6.07, 6.45) is 2.12. The van der Waals surface area contributed by atoms with E-state index in [1.54, 1.807) is 12.1 Å². The highest BCUT2D eigenvalue weighted by Crippen LogP contribution is 2.04. The van der Waals surface area contributed by atoms with Gasteiger partial charge in [0.15, 0.2) is 17.4 Å². The number of carbonyl (C=O) groups excluding carboxylic acids is 1. The Kier molecular flexibility index (Phi) is 7.10. The van der Waals surface area contributed by atoms with Crippen LogP contribution in [0.3, 0.4) is 0 Å². The molecule has 0 radical (unpaired) electrons. The Balaban J connectivity index is 1.45. The van der Waals surface area contributed by atoms with E-state index in [2.05, 4.69) is 31.1 Å². The van der Waals surface area contributed by atoms with Crippen molar-refractivity contribution < 1.29 is 9.18 Å². The van der Waals surface area contributed by atoms with Gasteiger partial charge < -0.3 is 16.0 Å². The Morgan fingerprint density at radius 3 is 2.66 bits per heavy atom. The van der Waals surface area contributed by atoms with Crippen LogP contribution in [0.1, 0.15) is 18.3 Å². The van der Waals surface area contributed by atoms with E-state index in [0.29, 0.717) is 32.1 Å². The number of pyridine rings is 1. The number of aromatic nitrogens is 3. The van der Waals surface area contributed by atoms with Gasteiger partial charge in [0.25, 0.3) is 0 Å². The molecule has 0 aliphatic carbocycles. The minimum absolute atomic E-state index is 0.115. The highest BCUT2D eigenvalue weighted by Gasteiger charge is 2.06. The van der Waals surface area contributed by atoms with Crippen LogP contribution in [-0.2, 0) is 17.8 Å². The molecule has 0 aliphatic rings. The van der Waals surface area contributed by atoms with Crippen LogP contribution >= 0.6 is 0 Å². The zero-order chi connectivity index (χ0) is 20.5. The summed E-state index contributed by atoms with van der Waals surface area (Å²) in [6, 6.07) is 11.6. The highest BCUT2D eigenvalue weighted by atomic mass is 19.1. The SMILES string of the molecule is CCNC(=NCc1nnc2ccccn12)NCCNC(=O)Cc1ccc(F)cc1. The first kappa shape index (κ1) is 20.2. The molecule has 2 heterocycles. The highest BCUT2D eigenvalue weighted by molar-refractivity contribution is 5.80. The Bertz CT molecular complexity index is 968. The number of fused-ring (bicyclic) bond motifs is 1. The molecule has 29 heavy (non-hydrogen) atoms. The van der Waals surface area contributed by atoms with Crippen molar-refractivity contribution in [3.8, 4) is 0 Å². The number of nitrogens with zero attached hydrogens (tertiary/aromatic N) is 4. The lowest BCUT2D eigenvalue weighted by atomic mass is 10.1. The number of hydrogen-bond donors (Lipinski definition) is 3. The molecule has 0 atom stereocenters. The number of hydrogen-bond acceptors (Lipinski definition) is 4. The third kappa shape index (κ3) is 6.00. The smallest absolute Gasteiger partial charge is 0.224 e. The Labute approximate surface area is 168 Å². The predicted molar refractivity (Wildman–Crippen MR) is 109 cm³/mol. The molecule has 8 nitrogen and oxygen atoms in total. The molecule has 0 spiro atoms. The van der Waals surface area contributed by atoms with Gasteiger partial charge >= 0.3 is 0 Å². The summed E-state index contributed by atoms with van der Waals surface area (Å²) in [5.74, 6) is 0.946. The van der Waals surface area contributed by atoms with E-state index >= 15 is 0 Å². The molecular weight excluding hydrogens is 373 g/mol. The summed E-state index contributed by atoms with van der Waals surface area (Å²) in [4.78, 5) is 16.5. The van der Waals surface area contributed by atoms with Gasteiger partial charge in [0.1, 0.15) is 12.4 Å². The first-order valence-corrected chi connectivity index (χ1v) is 9.47. The van der Waals surface area contributed by atoms with E-state index < -0.39 is 0 Å². The van der Waals surface area contributed by atoms with Crippen molar-refractivity contribution in [3.05, 3.63) is 65.9 Å². The van der Waals surface area contributed by atoms with E-state index in [9.17, 15) is 9.18 Å². The monoisotopic (exact) mass is 397 g/mol. The van der Waals surface area contributed by atoms with E-state index in [0.717, 1.165) is 17.0 Å². The third-order valence-corrected chi connectivity index (χ3v) is 4.12. The summed E-state index contributed by atoms with van der Waals surface area (Å²) in [5.41, 5.74) is 1.55. The average molecular weight is 397 g/mol. The quantitative estimate of drug-likeness (QED) is 0.302. The number of nitrogens with one attached hydrogen (secondary N) is 3. The van der Waals surface area contributed by atoms with Crippen molar-refractivity contribution in [1.82, 2.24) is 30.5 Å². The van der Waals surface area contributed by atoms with Gasteiger partial charge in [0, 0.05) is 25.8 Å². The molecule has 9 heteroatoms. The number of benzene rings is 1. The van der Waals surface area contributed by atoms with Gasteiger partial charge in [-0.15, -0.1) is 10.2 Å². The van der Waals surface area contributed by atoms with Gasteiger partial charge in [0.2, 0.25) is 5.91 Å². The fourth-order valence-electron chi connectivity index (χ4n) is 2.72. The van der Waals surface area contributed by atoms with Crippen molar-refractivity contribution in [3.63, 3.8) is 0 Å². The van der Waals surface area contributed by atoms with Crippen LogP contribution in [0.4, 0.5) is 4.39 Å². The number of rotatable bonds is 8. The van der Waals surface area contributed by atoms with Crippen LogP contribution < -0.4 is 16.0 Å². The van der Waals surface area contributed by atoms with Gasteiger partial charge in [-0.25, -0.2) is 9.38 Å². The van der Waals surface area contributed by atoms with Gasteiger partial charge in [-0.3, -0.25) is 9.20 Å². The molecule has 0 bridgehead atoms. The van der Waals surface area contributed by atoms with Crippen molar-refractivity contribution in [2.75, 3.05) is 19.6 Å². The first-order chi connectivity index (χ1) is 14.2. The number of aliphatic imine (C=N–C) groups is 1. The molecule has 0 unspecified atom stereocenters. The van der Waals surface area contributed by atoms with Crippen LogP contribution in [0.15, 0.2) is 53.7 Å². The molecular formula is C20H24FN7O. The molecule has 1 aromatic carbocycles. The lowest BCUT2D eigenvalue weighted by molar-refractivity contribution is -0.120. The zero-order valence-electron chi connectivity index (χ0n) is 16.2. The Hall–Kier alpha value is -3.49. The van der Waals surface area contributed by atoms with Crippen LogP contribution in [0.2, 0.25) is 0 Å². The molecule has 3 N–H and O–H groups in total. The molecule has 1 amide bonds. The third-order valence-electron chi connectivity index (χ3n) is 4.12. The van der Waals surface area contributed by atoms with Crippen LogP contribution in [0.5, 0.6) is 0 Å². The topological polar surface area (TPSA) is 95.7 Å². The van der Waals surface area contributed by atoms with Crippen molar-refractivity contribution >= 4 is 17.5 Å². The van der Waals surface area contributed by atoms with Crippen molar-refractivity contribution in [2.45, 2.75) is 19.9 Å². The van der Waals surface area contributed by atoms with Crippen molar-refractivity contribution in [1.29, 1.82) is 0 Å². The lowest BCUT2D eigenvalue weighted by Gasteiger charge is -2.11. The number of amides is 1. The van der Waals surface area contributed by atoms with E-state index in [1.165, 1.54) is 12.1 Å². The molecule has 0 saturated heterocycles. The number of guanidine groups is 1. The second-order valence-electron chi connectivity index (χ2n) is 6.32. The number of carbonyl (C=O) groups is 1. The van der Waals surface area contributed by atoms with Crippen molar-refractivity contribution in [2.24, 2.45) is 4.99 Å². The summed E-state index contributed by atoms with van der Waals surface area (Å²) in [5, 5.41) is 17.4. The minimum Gasteiger partial charge on any atom is -0.357 e. The fraction of sp³-hybridized carbons (Fsp3) is 0.300. The second kappa shape index (κ2) is 10.2. The predicted octanol–water partition coefficient (Wildman–Crippen LogP) is 1.28. The van der Waals surface area contributed by atoms with Gasteiger partial charge in [-0.1, -0.05) is 18.2 Å². The molecule has 2 aromatic heterocycles. The Morgan fingerprint density at radius 1 is 1.07 bits per heavy atom. The Morgan fingerprint density at radius 2 is 1.86 bits per heavy atom. The molecule has 0 fully saturated rings. The van der Waals surface area contributed by atoms with Gasteiger partial charge in [0.05, 0.1) is 6.42 Å². The molecule has 0 aliphatic heterocycles. The summed E-state index contributed by atoms with van der Waals surface area (Å²) < 4.78 is 14.8. The fourth-order valence-corrected chi connectivity index (χ4v) is 2.72. The maximum atomic E-state index is 12.9. The summed E-state index contributed by atoms with van der Waals surface area (Å²) >= 11 is 0. The largest absolute Gasteiger partial charge is 0.357 e. The summed E-state index contributed by atoms with van der Waals surface area (Å²) in [7, 11) is 0. The molecule has 152 valence electrons. The van der Waals surface area contributed by atoms with E-state index in [-0.39, 0.29) is 18.1 Å². The summed E-state index contributed by atoms with van der Waals surface area (Å²) in [6.45, 7) is 4.02. The second-order valence-corrected chi connectivity index (χ2v) is 6.32. The standard InChI is InChI=1S/C20H24FN7O/c1-2-22-20(25-14-18-27-26-17-5-3-4-12-28(17)18)24-11-10-23-19(29)13-15-6-8-16(21)9-7-15/h3-9,12H,2,10-11,13-14H2,1H3,(H,23,29)(H2,22,24,25). The van der Waals surface area contributed by atoms with Crippen LogP contribution in [0, 0.1) is 5.82 Å². The average Bonchev–Trinajstić information content (AvgIpc) is 3.14. The van der Waals surface area contributed by atoms with E-state index in [4.69, 9.17) is 0 Å². The maximum absolute atomic E-state index is 12.9. The maximum Gasteiger partial charge on any atom is 0.224 e.